The number of nitrogens with one attached hydrogen (secondary N) is 2. The zero-order valence-corrected chi connectivity index (χ0v) is 13.9. The van der Waals surface area contributed by atoms with E-state index in [2.05, 4.69) is 36.6 Å². The highest BCUT2D eigenvalue weighted by Crippen LogP contribution is 2.24. The van der Waals surface area contributed by atoms with Crippen LogP contribution >= 0.6 is 0 Å². The Kier molecular flexibility index (Phi) is 4.77. The van der Waals surface area contributed by atoms with Gasteiger partial charge in [0.15, 0.2) is 6.04 Å². The van der Waals surface area contributed by atoms with E-state index < -0.39 is 0 Å². The van der Waals surface area contributed by atoms with Gasteiger partial charge in [-0.15, -0.1) is 0 Å². The Bertz CT molecular complexity index is 681. The minimum Gasteiger partial charge on any atom is -0.324 e. The quantitative estimate of drug-likeness (QED) is 0.872. The van der Waals surface area contributed by atoms with Crippen LogP contribution in [0.25, 0.3) is 0 Å². The molecule has 3 nitrogen and oxygen atoms in total. The Labute approximate surface area is 138 Å². The second-order valence-corrected chi connectivity index (χ2v) is 6.56. The molecular formula is C20H25N2O+. The van der Waals surface area contributed by atoms with Crippen LogP contribution in [0.5, 0.6) is 0 Å². The molecule has 23 heavy (non-hydrogen) atoms. The third kappa shape index (κ3) is 3.80. The molecule has 2 aromatic carbocycles. The molecule has 0 saturated heterocycles. The maximum absolute atomic E-state index is 12.5. The number of likely N-dealkylation sites (N-methyl/N-ethyl adjacent to an activating group) is 1. The predicted octanol–water partition coefficient (Wildman–Crippen LogP) is 2.22. The monoisotopic (exact) mass is 309 g/mol. The van der Waals surface area contributed by atoms with Gasteiger partial charge in [0.25, 0.3) is 5.91 Å². The summed E-state index contributed by atoms with van der Waals surface area (Å²) in [5, 5.41) is 3.08. The van der Waals surface area contributed by atoms with Crippen LogP contribution in [0.4, 0.5) is 5.69 Å². The van der Waals surface area contributed by atoms with Crippen LogP contribution < -0.4 is 10.2 Å². The molecule has 1 aliphatic carbocycles. The Hall–Kier alpha value is -2.13. The van der Waals surface area contributed by atoms with Gasteiger partial charge >= 0.3 is 0 Å². The van der Waals surface area contributed by atoms with Gasteiger partial charge in [-0.25, -0.2) is 0 Å². The average molecular weight is 309 g/mol. The first-order valence-electron chi connectivity index (χ1n) is 8.42. The Morgan fingerprint density at radius 3 is 2.65 bits per heavy atom. The molecule has 2 N–H and O–H groups in total. The van der Waals surface area contributed by atoms with Gasteiger partial charge in [0.1, 0.15) is 6.54 Å². The van der Waals surface area contributed by atoms with Crippen molar-refractivity contribution in [2.75, 3.05) is 12.4 Å². The summed E-state index contributed by atoms with van der Waals surface area (Å²) in [5.41, 5.74) is 5.00. The average Bonchev–Trinajstić information content (AvgIpc) is 3.02. The van der Waals surface area contributed by atoms with Crippen LogP contribution in [-0.4, -0.2) is 19.0 Å². The van der Waals surface area contributed by atoms with Crippen molar-refractivity contribution >= 4 is 11.6 Å². The lowest BCUT2D eigenvalue weighted by molar-refractivity contribution is -0.907. The van der Waals surface area contributed by atoms with Crippen molar-refractivity contribution in [3.05, 3.63) is 65.2 Å². The van der Waals surface area contributed by atoms with E-state index in [1.807, 2.05) is 31.2 Å². The van der Waals surface area contributed by atoms with Crippen molar-refractivity contribution in [3.8, 4) is 0 Å². The van der Waals surface area contributed by atoms with Gasteiger partial charge < -0.3 is 10.2 Å². The highest BCUT2D eigenvalue weighted by atomic mass is 16.2. The van der Waals surface area contributed by atoms with Gasteiger partial charge in [-0.3, -0.25) is 4.79 Å². The van der Waals surface area contributed by atoms with E-state index in [9.17, 15) is 4.79 Å². The largest absolute Gasteiger partial charge is 0.324 e. The summed E-state index contributed by atoms with van der Waals surface area (Å²) in [6.45, 7) is 2.83. The highest BCUT2D eigenvalue weighted by molar-refractivity contribution is 5.93. The zero-order valence-electron chi connectivity index (χ0n) is 13.9. The first kappa shape index (κ1) is 15.8. The first-order valence-corrected chi connectivity index (χ1v) is 8.42. The molecule has 120 valence electrons. The Morgan fingerprint density at radius 2 is 1.87 bits per heavy atom. The van der Waals surface area contributed by atoms with E-state index in [-0.39, 0.29) is 11.9 Å². The van der Waals surface area contributed by atoms with E-state index in [1.54, 1.807) is 0 Å². The van der Waals surface area contributed by atoms with Crippen molar-refractivity contribution in [2.45, 2.75) is 38.8 Å². The van der Waals surface area contributed by atoms with Crippen molar-refractivity contribution in [1.82, 2.24) is 0 Å². The second kappa shape index (κ2) is 6.97. The molecule has 0 radical (unpaired) electrons. The van der Waals surface area contributed by atoms with Gasteiger partial charge in [0, 0.05) is 11.3 Å². The molecule has 0 aliphatic heterocycles. The van der Waals surface area contributed by atoms with Crippen molar-refractivity contribution in [3.63, 3.8) is 0 Å². The minimum absolute atomic E-state index is 0.0800. The van der Waals surface area contributed by atoms with E-state index >= 15 is 0 Å². The maximum Gasteiger partial charge on any atom is 0.282 e. The molecule has 1 amide bonds. The summed E-state index contributed by atoms with van der Waals surface area (Å²) in [7, 11) is 2.07. The van der Waals surface area contributed by atoms with Gasteiger partial charge in [-0.05, 0) is 49.4 Å². The standard InChI is InChI=1S/C20H24N2O/c1-15(22(2)14-16-7-4-3-5-8-16)20(23)21-19-12-11-17-9-6-10-18(17)13-19/h3-5,7-8,11-13,15H,6,9-10,14H2,1-2H3,(H,21,23)/p+1/t15-/m0/s1. The molecule has 0 fully saturated rings. The van der Waals surface area contributed by atoms with E-state index in [1.165, 1.54) is 34.4 Å². The first-order chi connectivity index (χ1) is 11.1. The second-order valence-electron chi connectivity index (χ2n) is 6.56. The number of quaternary nitrogens is 1. The van der Waals surface area contributed by atoms with Crippen molar-refractivity contribution < 1.29 is 9.69 Å². The fourth-order valence-corrected chi connectivity index (χ4v) is 3.19. The number of anilines is 1. The zero-order chi connectivity index (χ0) is 16.2. The summed E-state index contributed by atoms with van der Waals surface area (Å²) in [5.74, 6) is 0.0800. The maximum atomic E-state index is 12.5. The summed E-state index contributed by atoms with van der Waals surface area (Å²) in [6, 6.07) is 16.5. The molecule has 2 aromatic rings. The molecule has 3 heteroatoms. The van der Waals surface area contributed by atoms with Gasteiger partial charge in [0.05, 0.1) is 7.05 Å². The lowest BCUT2D eigenvalue weighted by Crippen LogP contribution is -3.12. The topological polar surface area (TPSA) is 33.5 Å². The molecule has 1 unspecified atom stereocenters. The fourth-order valence-electron chi connectivity index (χ4n) is 3.19. The molecular weight excluding hydrogens is 284 g/mol. The number of hydrogen-bond acceptors (Lipinski definition) is 1. The number of fused-ring (bicyclic) bond motifs is 1. The summed E-state index contributed by atoms with van der Waals surface area (Å²) in [6.07, 6.45) is 3.53. The molecule has 1 aliphatic rings. The third-order valence-electron chi connectivity index (χ3n) is 4.82. The smallest absolute Gasteiger partial charge is 0.282 e. The lowest BCUT2D eigenvalue weighted by atomic mass is 10.1. The molecule has 0 aromatic heterocycles. The number of carbonyl (C=O) groups is 1. The Morgan fingerprint density at radius 1 is 1.13 bits per heavy atom. The van der Waals surface area contributed by atoms with E-state index in [4.69, 9.17) is 0 Å². The fraction of sp³-hybridized carbons (Fsp3) is 0.350. The molecule has 3 rings (SSSR count). The van der Waals surface area contributed by atoms with Crippen LogP contribution in [-0.2, 0) is 24.2 Å². The number of amides is 1. The molecule has 0 spiro atoms. The SMILES string of the molecule is C[C@@H](C(=O)Nc1ccc2c(c1)CCC2)[NH+](C)Cc1ccccc1. The summed E-state index contributed by atoms with van der Waals surface area (Å²) >= 11 is 0. The minimum atomic E-state index is -0.0940. The molecule has 0 saturated carbocycles. The number of rotatable bonds is 5. The van der Waals surface area contributed by atoms with Crippen LogP contribution in [0.3, 0.4) is 0 Å². The van der Waals surface area contributed by atoms with Crippen LogP contribution in [0.2, 0.25) is 0 Å². The van der Waals surface area contributed by atoms with E-state index in [0.29, 0.717) is 0 Å². The summed E-state index contributed by atoms with van der Waals surface area (Å²) in [4.78, 5) is 13.7. The third-order valence-corrected chi connectivity index (χ3v) is 4.82. The van der Waals surface area contributed by atoms with Crippen LogP contribution in [0.1, 0.15) is 30.0 Å². The van der Waals surface area contributed by atoms with Gasteiger partial charge in [-0.1, -0.05) is 36.4 Å². The number of aryl methyl sites for hydroxylation is 2. The highest BCUT2D eigenvalue weighted by Gasteiger charge is 2.22. The number of carbonyl (C=O) groups excluding carboxylic acids is 1. The van der Waals surface area contributed by atoms with Crippen LogP contribution in [0.15, 0.2) is 48.5 Å². The number of benzene rings is 2. The normalized spacial score (nSPS) is 15.7. The molecule has 2 atom stereocenters. The lowest BCUT2D eigenvalue weighted by Gasteiger charge is -2.21. The predicted molar refractivity (Wildman–Crippen MR) is 93.6 cm³/mol. The van der Waals surface area contributed by atoms with Crippen molar-refractivity contribution in [2.24, 2.45) is 0 Å². The summed E-state index contributed by atoms with van der Waals surface area (Å²) < 4.78 is 0. The van der Waals surface area contributed by atoms with Gasteiger partial charge in [0.2, 0.25) is 0 Å². The van der Waals surface area contributed by atoms with Gasteiger partial charge in [-0.2, -0.15) is 0 Å². The van der Waals surface area contributed by atoms with E-state index in [0.717, 1.165) is 18.7 Å². The van der Waals surface area contributed by atoms with Crippen LogP contribution in [0, 0.1) is 0 Å². The molecule has 0 bridgehead atoms. The Balaban J connectivity index is 1.61. The van der Waals surface area contributed by atoms with Crippen molar-refractivity contribution in [1.29, 1.82) is 0 Å². The number of hydrogen-bond donors (Lipinski definition) is 2. The molecule has 0 heterocycles.